The Balaban J connectivity index is 1.72. The van der Waals surface area contributed by atoms with Crippen molar-refractivity contribution in [2.24, 2.45) is 0 Å². The molecule has 0 saturated heterocycles. The molecule has 0 aliphatic rings. The lowest BCUT2D eigenvalue weighted by Gasteiger charge is -2.23. The molecule has 6 nitrogen and oxygen atoms in total. The fourth-order valence-corrected chi connectivity index (χ4v) is 2.73. The van der Waals surface area contributed by atoms with E-state index in [1.54, 1.807) is 0 Å². The molecule has 0 saturated carbocycles. The number of nitrogens with one attached hydrogen (secondary N) is 2. The summed E-state index contributed by atoms with van der Waals surface area (Å²) in [5, 5.41) is 0. The molecular weight excluding hydrogens is 368 g/mol. The molecule has 6 heteroatoms. The zero-order chi connectivity index (χ0) is 21.4. The van der Waals surface area contributed by atoms with Gasteiger partial charge in [0.15, 0.2) is 13.2 Å². The Morgan fingerprint density at radius 1 is 0.828 bits per heavy atom. The Hall–Kier alpha value is -3.02. The third kappa shape index (κ3) is 7.14. The van der Waals surface area contributed by atoms with Crippen LogP contribution >= 0.6 is 0 Å². The van der Waals surface area contributed by atoms with Gasteiger partial charge in [0.25, 0.3) is 11.8 Å². The Bertz CT molecular complexity index is 824. The predicted octanol–water partition coefficient (Wildman–Crippen LogP) is 3.60. The van der Waals surface area contributed by atoms with Gasteiger partial charge in [-0.3, -0.25) is 20.4 Å². The van der Waals surface area contributed by atoms with Crippen LogP contribution in [0.5, 0.6) is 11.5 Å². The molecule has 0 fully saturated rings. The fourth-order valence-electron chi connectivity index (χ4n) is 2.73. The summed E-state index contributed by atoms with van der Waals surface area (Å²) in [5.74, 6) is 0.300. The molecule has 2 aromatic rings. The number of benzene rings is 2. The van der Waals surface area contributed by atoms with Crippen molar-refractivity contribution < 1.29 is 19.1 Å². The Morgan fingerprint density at radius 2 is 1.31 bits per heavy atom. The van der Waals surface area contributed by atoms with Gasteiger partial charge in [0.2, 0.25) is 0 Å². The van der Waals surface area contributed by atoms with Gasteiger partial charge in [0, 0.05) is 0 Å². The molecular formula is C23H30N2O4. The van der Waals surface area contributed by atoms with Crippen LogP contribution in [0.25, 0.3) is 0 Å². The monoisotopic (exact) mass is 398 g/mol. The highest BCUT2D eigenvalue weighted by molar-refractivity contribution is 5.83. The van der Waals surface area contributed by atoms with Gasteiger partial charge in [-0.25, -0.2) is 0 Å². The van der Waals surface area contributed by atoms with Crippen molar-refractivity contribution in [1.82, 2.24) is 10.9 Å². The van der Waals surface area contributed by atoms with Gasteiger partial charge in [-0.05, 0) is 66.6 Å². The first kappa shape index (κ1) is 22.3. The molecule has 0 radical (unpaired) electrons. The molecule has 0 aromatic heterocycles. The molecule has 29 heavy (non-hydrogen) atoms. The highest BCUT2D eigenvalue weighted by Gasteiger charge is 2.17. The molecule has 2 amide bonds. The highest BCUT2D eigenvalue weighted by atomic mass is 16.5. The lowest BCUT2D eigenvalue weighted by molar-refractivity contribution is -0.131. The van der Waals surface area contributed by atoms with E-state index in [9.17, 15) is 9.59 Å². The van der Waals surface area contributed by atoms with Crippen LogP contribution in [0.2, 0.25) is 0 Å². The number of carbonyl (C=O) groups is 2. The van der Waals surface area contributed by atoms with Crippen LogP contribution in [-0.2, 0) is 15.0 Å². The van der Waals surface area contributed by atoms with E-state index in [1.165, 1.54) is 5.56 Å². The second-order valence-corrected chi connectivity index (χ2v) is 7.76. The zero-order valence-corrected chi connectivity index (χ0v) is 17.8. The Morgan fingerprint density at radius 3 is 1.79 bits per heavy atom. The second-order valence-electron chi connectivity index (χ2n) is 7.76. The van der Waals surface area contributed by atoms with Crippen molar-refractivity contribution in [3.05, 3.63) is 59.2 Å². The van der Waals surface area contributed by atoms with E-state index in [4.69, 9.17) is 9.47 Å². The lowest BCUT2D eigenvalue weighted by atomic mass is 9.82. The fraction of sp³-hybridized carbons (Fsp3) is 0.391. The van der Waals surface area contributed by atoms with Gasteiger partial charge < -0.3 is 9.47 Å². The maximum absolute atomic E-state index is 11.9. The number of hydrogen-bond donors (Lipinski definition) is 2. The number of aryl methyl sites for hydroxylation is 2. The Kier molecular flexibility index (Phi) is 7.65. The van der Waals surface area contributed by atoms with E-state index in [1.807, 2.05) is 56.3 Å². The van der Waals surface area contributed by atoms with E-state index in [0.717, 1.165) is 17.5 Å². The average Bonchev–Trinajstić information content (AvgIpc) is 2.68. The standard InChI is InChI=1S/C23H30N2O4/c1-6-23(4,5)18-7-9-19(10-8-18)28-14-21(26)24-25-22(27)15-29-20-12-16(2)11-17(3)13-20/h7-13H,6,14-15H2,1-5H3,(H,24,26)(H,25,27). The molecule has 2 N–H and O–H groups in total. The molecule has 0 bridgehead atoms. The summed E-state index contributed by atoms with van der Waals surface area (Å²) in [7, 11) is 0. The number of carbonyl (C=O) groups excluding carboxylic acids is 2. The Labute approximate surface area is 172 Å². The molecule has 2 aromatic carbocycles. The quantitative estimate of drug-likeness (QED) is 0.666. The molecule has 0 aliphatic heterocycles. The van der Waals surface area contributed by atoms with Gasteiger partial charge >= 0.3 is 0 Å². The number of hydrazine groups is 1. The van der Waals surface area contributed by atoms with E-state index >= 15 is 0 Å². The largest absolute Gasteiger partial charge is 0.484 e. The molecule has 0 unspecified atom stereocenters. The second kappa shape index (κ2) is 9.96. The lowest BCUT2D eigenvalue weighted by Crippen LogP contribution is -2.45. The van der Waals surface area contributed by atoms with Crippen LogP contribution in [0.3, 0.4) is 0 Å². The summed E-state index contributed by atoms with van der Waals surface area (Å²) in [5.41, 5.74) is 8.04. The van der Waals surface area contributed by atoms with E-state index in [0.29, 0.717) is 11.5 Å². The van der Waals surface area contributed by atoms with Crippen LogP contribution in [-0.4, -0.2) is 25.0 Å². The minimum atomic E-state index is -0.456. The molecule has 0 spiro atoms. The van der Waals surface area contributed by atoms with E-state index in [-0.39, 0.29) is 18.6 Å². The summed E-state index contributed by atoms with van der Waals surface area (Å²) in [6, 6.07) is 13.4. The summed E-state index contributed by atoms with van der Waals surface area (Å²) in [6.07, 6.45) is 1.03. The summed E-state index contributed by atoms with van der Waals surface area (Å²) < 4.78 is 10.9. The predicted molar refractivity (Wildman–Crippen MR) is 113 cm³/mol. The first-order valence-electron chi connectivity index (χ1n) is 9.72. The van der Waals surface area contributed by atoms with E-state index in [2.05, 4.69) is 31.6 Å². The number of hydrogen-bond acceptors (Lipinski definition) is 4. The van der Waals surface area contributed by atoms with Crippen LogP contribution in [0.1, 0.15) is 43.9 Å². The first-order valence-corrected chi connectivity index (χ1v) is 9.72. The van der Waals surface area contributed by atoms with Crippen molar-refractivity contribution in [3.8, 4) is 11.5 Å². The first-order chi connectivity index (χ1) is 13.7. The SMILES string of the molecule is CCC(C)(C)c1ccc(OCC(=O)NNC(=O)COc2cc(C)cc(C)c2)cc1. The van der Waals surface area contributed by atoms with Crippen LogP contribution < -0.4 is 20.3 Å². The third-order valence-electron chi connectivity index (χ3n) is 4.80. The third-order valence-corrected chi connectivity index (χ3v) is 4.80. The van der Waals surface area contributed by atoms with Crippen molar-refractivity contribution in [2.45, 2.75) is 46.5 Å². The van der Waals surface area contributed by atoms with Gasteiger partial charge in [0.05, 0.1) is 0 Å². The maximum atomic E-state index is 11.9. The average molecular weight is 399 g/mol. The van der Waals surface area contributed by atoms with Crippen LogP contribution in [0.15, 0.2) is 42.5 Å². The number of amides is 2. The molecule has 2 rings (SSSR count). The molecule has 156 valence electrons. The van der Waals surface area contributed by atoms with Crippen molar-refractivity contribution >= 4 is 11.8 Å². The smallest absolute Gasteiger partial charge is 0.276 e. The summed E-state index contributed by atoms with van der Waals surface area (Å²) in [6.45, 7) is 10.0. The van der Waals surface area contributed by atoms with Gasteiger partial charge in [0.1, 0.15) is 11.5 Å². The van der Waals surface area contributed by atoms with Gasteiger partial charge in [-0.1, -0.05) is 39.0 Å². The summed E-state index contributed by atoms with van der Waals surface area (Å²) in [4.78, 5) is 23.7. The molecule has 0 aliphatic carbocycles. The van der Waals surface area contributed by atoms with Crippen LogP contribution in [0.4, 0.5) is 0 Å². The van der Waals surface area contributed by atoms with E-state index < -0.39 is 11.8 Å². The topological polar surface area (TPSA) is 76.7 Å². The van der Waals surface area contributed by atoms with Crippen molar-refractivity contribution in [1.29, 1.82) is 0 Å². The highest BCUT2D eigenvalue weighted by Crippen LogP contribution is 2.28. The number of rotatable bonds is 8. The zero-order valence-electron chi connectivity index (χ0n) is 17.8. The van der Waals surface area contributed by atoms with Gasteiger partial charge in [-0.2, -0.15) is 0 Å². The minimum Gasteiger partial charge on any atom is -0.484 e. The minimum absolute atomic E-state index is 0.0966. The molecule has 0 heterocycles. The van der Waals surface area contributed by atoms with Gasteiger partial charge in [-0.15, -0.1) is 0 Å². The maximum Gasteiger partial charge on any atom is 0.276 e. The van der Waals surface area contributed by atoms with Crippen molar-refractivity contribution in [3.63, 3.8) is 0 Å². The van der Waals surface area contributed by atoms with Crippen molar-refractivity contribution in [2.75, 3.05) is 13.2 Å². The number of ether oxygens (including phenoxy) is 2. The van der Waals surface area contributed by atoms with Crippen LogP contribution in [0, 0.1) is 13.8 Å². The normalized spacial score (nSPS) is 10.9. The molecule has 0 atom stereocenters. The summed E-state index contributed by atoms with van der Waals surface area (Å²) >= 11 is 0.